The Balaban J connectivity index is 1.70. The molecule has 0 aromatic heterocycles. The number of hydrogen-bond donors (Lipinski definition) is 2. The third-order valence-corrected chi connectivity index (χ3v) is 3.47. The van der Waals surface area contributed by atoms with Crippen molar-refractivity contribution in [1.29, 1.82) is 0 Å². The second-order valence-electron chi connectivity index (χ2n) is 5.41. The van der Waals surface area contributed by atoms with Gasteiger partial charge >= 0.3 is 5.97 Å². The van der Waals surface area contributed by atoms with Crippen LogP contribution in [0.5, 0.6) is 0 Å². The molecule has 2 N–H and O–H groups in total. The van der Waals surface area contributed by atoms with Crippen molar-refractivity contribution in [3.05, 3.63) is 71.3 Å². The predicted molar refractivity (Wildman–Crippen MR) is 87.9 cm³/mol. The molecule has 4 heteroatoms. The molecule has 0 atom stereocenters. The Labute approximate surface area is 131 Å². The molecule has 0 aliphatic carbocycles. The van der Waals surface area contributed by atoms with Gasteiger partial charge in [0.2, 0.25) is 0 Å². The lowest BCUT2D eigenvalue weighted by Gasteiger charge is -2.17. The summed E-state index contributed by atoms with van der Waals surface area (Å²) in [5.41, 5.74) is 2.63. The first-order chi connectivity index (χ1) is 10.6. The molecular weight excluding hydrogens is 276 g/mol. The zero-order chi connectivity index (χ0) is 15.8. The SMILES string of the molecule is CN(CCNCc1cccc(C(=O)O)c1)Cc1ccccc1. The third-order valence-electron chi connectivity index (χ3n) is 3.47. The maximum absolute atomic E-state index is 10.9. The molecule has 0 bridgehead atoms. The lowest BCUT2D eigenvalue weighted by molar-refractivity contribution is 0.0696. The molecule has 0 radical (unpaired) electrons. The van der Waals surface area contributed by atoms with Crippen molar-refractivity contribution in [1.82, 2.24) is 10.2 Å². The quantitative estimate of drug-likeness (QED) is 0.736. The molecule has 116 valence electrons. The Kier molecular flexibility index (Phi) is 6.13. The van der Waals surface area contributed by atoms with Crippen LogP contribution in [0.2, 0.25) is 0 Å². The Morgan fingerprint density at radius 1 is 1.09 bits per heavy atom. The van der Waals surface area contributed by atoms with E-state index in [4.69, 9.17) is 5.11 Å². The van der Waals surface area contributed by atoms with E-state index in [1.807, 2.05) is 12.1 Å². The first kappa shape index (κ1) is 16.2. The fourth-order valence-corrected chi connectivity index (χ4v) is 2.29. The molecule has 0 aliphatic rings. The van der Waals surface area contributed by atoms with E-state index in [2.05, 4.69) is 41.5 Å². The van der Waals surface area contributed by atoms with Gasteiger partial charge in [0.15, 0.2) is 0 Å². The van der Waals surface area contributed by atoms with E-state index >= 15 is 0 Å². The Morgan fingerprint density at radius 3 is 2.55 bits per heavy atom. The summed E-state index contributed by atoms with van der Waals surface area (Å²) in [6, 6.07) is 17.4. The van der Waals surface area contributed by atoms with Crippen molar-refractivity contribution in [3.63, 3.8) is 0 Å². The normalized spacial score (nSPS) is 10.8. The molecule has 2 aromatic rings. The van der Waals surface area contributed by atoms with Gasteiger partial charge in [-0.3, -0.25) is 0 Å². The van der Waals surface area contributed by atoms with Gasteiger partial charge in [0.25, 0.3) is 0 Å². The van der Waals surface area contributed by atoms with Crippen LogP contribution in [0.3, 0.4) is 0 Å². The van der Waals surface area contributed by atoms with Gasteiger partial charge in [-0.05, 0) is 30.3 Å². The molecule has 0 spiro atoms. The van der Waals surface area contributed by atoms with Gasteiger partial charge in [0.05, 0.1) is 5.56 Å². The number of likely N-dealkylation sites (N-methyl/N-ethyl adjacent to an activating group) is 1. The highest BCUT2D eigenvalue weighted by Gasteiger charge is 2.03. The largest absolute Gasteiger partial charge is 0.478 e. The predicted octanol–water partition coefficient (Wildman–Crippen LogP) is 2.61. The summed E-state index contributed by atoms with van der Waals surface area (Å²) in [5.74, 6) is -0.885. The first-order valence-electron chi connectivity index (χ1n) is 7.40. The highest BCUT2D eigenvalue weighted by molar-refractivity contribution is 5.87. The molecule has 0 amide bonds. The summed E-state index contributed by atoms with van der Waals surface area (Å²) in [6.07, 6.45) is 0. The highest BCUT2D eigenvalue weighted by Crippen LogP contribution is 2.05. The Bertz CT molecular complexity index is 599. The van der Waals surface area contributed by atoms with Crippen molar-refractivity contribution >= 4 is 5.97 Å². The molecule has 22 heavy (non-hydrogen) atoms. The molecule has 0 aliphatic heterocycles. The number of carbonyl (C=O) groups is 1. The van der Waals surface area contributed by atoms with E-state index in [0.717, 1.165) is 25.2 Å². The van der Waals surface area contributed by atoms with E-state index in [1.54, 1.807) is 18.2 Å². The third kappa shape index (κ3) is 5.31. The van der Waals surface area contributed by atoms with Crippen LogP contribution >= 0.6 is 0 Å². The standard InChI is InChI=1S/C18H22N2O2/c1-20(14-15-6-3-2-4-7-15)11-10-19-13-16-8-5-9-17(12-16)18(21)22/h2-9,12,19H,10-11,13-14H2,1H3,(H,21,22). The fourth-order valence-electron chi connectivity index (χ4n) is 2.29. The van der Waals surface area contributed by atoms with Crippen molar-refractivity contribution in [3.8, 4) is 0 Å². The summed E-state index contributed by atoms with van der Waals surface area (Å²) in [7, 11) is 2.10. The van der Waals surface area contributed by atoms with Gasteiger partial charge in [-0.1, -0.05) is 42.5 Å². The smallest absolute Gasteiger partial charge is 0.335 e. The van der Waals surface area contributed by atoms with Crippen molar-refractivity contribution < 1.29 is 9.90 Å². The first-order valence-corrected chi connectivity index (χ1v) is 7.40. The zero-order valence-electron chi connectivity index (χ0n) is 12.8. The highest BCUT2D eigenvalue weighted by atomic mass is 16.4. The van der Waals surface area contributed by atoms with E-state index in [0.29, 0.717) is 12.1 Å². The van der Waals surface area contributed by atoms with Crippen LogP contribution in [0.15, 0.2) is 54.6 Å². The van der Waals surface area contributed by atoms with Gasteiger partial charge in [0.1, 0.15) is 0 Å². The van der Waals surface area contributed by atoms with Crippen LogP contribution < -0.4 is 5.32 Å². The summed E-state index contributed by atoms with van der Waals surface area (Å²) in [6.45, 7) is 3.41. The molecule has 2 aromatic carbocycles. The maximum Gasteiger partial charge on any atom is 0.335 e. The monoisotopic (exact) mass is 298 g/mol. The van der Waals surface area contributed by atoms with Crippen LogP contribution in [0.4, 0.5) is 0 Å². The van der Waals surface area contributed by atoms with Crippen molar-refractivity contribution in [2.24, 2.45) is 0 Å². The van der Waals surface area contributed by atoms with E-state index in [9.17, 15) is 4.79 Å². The van der Waals surface area contributed by atoms with Gasteiger partial charge in [-0.25, -0.2) is 4.79 Å². The number of aromatic carboxylic acids is 1. The fraction of sp³-hybridized carbons (Fsp3) is 0.278. The average Bonchev–Trinajstić information content (AvgIpc) is 2.53. The van der Waals surface area contributed by atoms with Gasteiger partial charge < -0.3 is 15.3 Å². The minimum Gasteiger partial charge on any atom is -0.478 e. The number of nitrogens with zero attached hydrogens (tertiary/aromatic N) is 1. The molecular formula is C18H22N2O2. The summed E-state index contributed by atoms with van der Waals surface area (Å²) in [4.78, 5) is 13.2. The van der Waals surface area contributed by atoms with Crippen LogP contribution in [0.1, 0.15) is 21.5 Å². The lowest BCUT2D eigenvalue weighted by atomic mass is 10.1. The van der Waals surface area contributed by atoms with Crippen LogP contribution in [-0.2, 0) is 13.1 Å². The molecule has 0 unspecified atom stereocenters. The van der Waals surface area contributed by atoms with Crippen LogP contribution in [-0.4, -0.2) is 36.1 Å². The number of benzene rings is 2. The molecule has 0 saturated heterocycles. The minimum atomic E-state index is -0.885. The van der Waals surface area contributed by atoms with E-state index in [1.165, 1.54) is 5.56 Å². The average molecular weight is 298 g/mol. The number of rotatable bonds is 8. The van der Waals surface area contributed by atoms with E-state index in [-0.39, 0.29) is 0 Å². The molecule has 4 nitrogen and oxygen atoms in total. The van der Waals surface area contributed by atoms with Crippen molar-refractivity contribution in [2.45, 2.75) is 13.1 Å². The summed E-state index contributed by atoms with van der Waals surface area (Å²) in [5, 5.41) is 12.3. The number of carboxylic acids is 1. The topological polar surface area (TPSA) is 52.6 Å². The summed E-state index contributed by atoms with van der Waals surface area (Å²) < 4.78 is 0. The Morgan fingerprint density at radius 2 is 1.82 bits per heavy atom. The second-order valence-corrected chi connectivity index (χ2v) is 5.41. The molecule has 2 rings (SSSR count). The molecule has 0 saturated carbocycles. The van der Waals surface area contributed by atoms with Gasteiger partial charge in [-0.2, -0.15) is 0 Å². The zero-order valence-corrected chi connectivity index (χ0v) is 12.8. The van der Waals surface area contributed by atoms with Gasteiger partial charge in [0, 0.05) is 26.2 Å². The Hall–Kier alpha value is -2.17. The van der Waals surface area contributed by atoms with Crippen LogP contribution in [0.25, 0.3) is 0 Å². The molecule has 0 fully saturated rings. The number of nitrogens with one attached hydrogen (secondary N) is 1. The second kappa shape index (κ2) is 8.32. The lowest BCUT2D eigenvalue weighted by Crippen LogP contribution is -2.28. The van der Waals surface area contributed by atoms with E-state index < -0.39 is 5.97 Å². The minimum absolute atomic E-state index is 0.334. The molecule has 0 heterocycles. The number of hydrogen-bond acceptors (Lipinski definition) is 3. The van der Waals surface area contributed by atoms with Crippen LogP contribution in [0, 0.1) is 0 Å². The van der Waals surface area contributed by atoms with Gasteiger partial charge in [-0.15, -0.1) is 0 Å². The maximum atomic E-state index is 10.9. The summed E-state index contributed by atoms with van der Waals surface area (Å²) >= 11 is 0. The van der Waals surface area contributed by atoms with Crippen molar-refractivity contribution in [2.75, 3.05) is 20.1 Å². The number of carboxylic acid groups (broad SMARTS) is 1.